The molecular formula is C14H17NO3. The van der Waals surface area contributed by atoms with Crippen LogP contribution in [-0.4, -0.2) is 30.2 Å². The van der Waals surface area contributed by atoms with Gasteiger partial charge in [-0.15, -0.1) is 0 Å². The van der Waals surface area contributed by atoms with Crippen LogP contribution in [0.1, 0.15) is 38.5 Å². The summed E-state index contributed by atoms with van der Waals surface area (Å²) < 4.78 is 18.3. The fourth-order valence-electron chi connectivity index (χ4n) is 3.88. The molecular weight excluding hydrogens is 230 g/mol. The Morgan fingerprint density at radius 2 is 1.94 bits per heavy atom. The molecule has 0 amide bonds. The predicted molar refractivity (Wildman–Crippen MR) is 62.5 cm³/mol. The van der Waals surface area contributed by atoms with Gasteiger partial charge in [0.1, 0.15) is 18.3 Å². The summed E-state index contributed by atoms with van der Waals surface area (Å²) in [5.41, 5.74) is 1.08. The van der Waals surface area contributed by atoms with Crippen molar-refractivity contribution in [1.82, 2.24) is 0 Å². The van der Waals surface area contributed by atoms with Gasteiger partial charge < -0.3 is 14.2 Å². The van der Waals surface area contributed by atoms with Crippen molar-refractivity contribution in [3.05, 3.63) is 11.6 Å². The Bertz CT molecular complexity index is 433. The molecule has 1 spiro atoms. The van der Waals surface area contributed by atoms with E-state index < -0.39 is 0 Å². The number of hydrogen-bond donors (Lipinski definition) is 0. The first kappa shape index (κ1) is 11.0. The van der Waals surface area contributed by atoms with Crippen molar-refractivity contribution < 1.29 is 14.2 Å². The first-order valence-electron chi connectivity index (χ1n) is 6.91. The Hall–Kier alpha value is -0.890. The summed E-state index contributed by atoms with van der Waals surface area (Å²) in [4.78, 5) is 0. The lowest BCUT2D eigenvalue weighted by Gasteiger charge is -2.33. The number of fused-ring (bicyclic) bond motifs is 5. The third kappa shape index (κ3) is 1.41. The van der Waals surface area contributed by atoms with Crippen molar-refractivity contribution in [2.45, 2.75) is 68.7 Å². The van der Waals surface area contributed by atoms with Crippen LogP contribution in [0.25, 0.3) is 0 Å². The summed E-state index contributed by atoms with van der Waals surface area (Å²) >= 11 is 0. The van der Waals surface area contributed by atoms with Gasteiger partial charge in [0.25, 0.3) is 0 Å². The van der Waals surface area contributed by atoms with E-state index in [4.69, 9.17) is 19.5 Å². The van der Waals surface area contributed by atoms with Gasteiger partial charge in [0.05, 0.1) is 12.2 Å². The lowest BCUT2D eigenvalue weighted by Crippen LogP contribution is -2.35. The lowest BCUT2D eigenvalue weighted by molar-refractivity contribution is -0.215. The van der Waals surface area contributed by atoms with Gasteiger partial charge in [-0.3, -0.25) is 0 Å². The molecule has 4 rings (SSSR count). The first-order valence-corrected chi connectivity index (χ1v) is 6.91. The number of hydrogen-bond acceptors (Lipinski definition) is 4. The van der Waals surface area contributed by atoms with Gasteiger partial charge in [0.15, 0.2) is 5.79 Å². The maximum absolute atomic E-state index is 8.78. The molecule has 1 aliphatic carbocycles. The normalized spacial score (nSPS) is 46.5. The second-order valence-corrected chi connectivity index (χ2v) is 5.78. The van der Waals surface area contributed by atoms with Crippen molar-refractivity contribution in [3.63, 3.8) is 0 Å². The molecule has 4 fully saturated rings. The van der Waals surface area contributed by atoms with Crippen LogP contribution in [0.5, 0.6) is 0 Å². The standard InChI is InChI=1S/C14H17NO3/c15-7-4-9-8-10-12-13(11(9)16-10)18-14(17-12)5-2-1-3-6-14/h4,10-13H,1-3,5-6,8H2/b9-4-/t10-,11+,12-,13+/m1/s1. The van der Waals surface area contributed by atoms with E-state index in [9.17, 15) is 0 Å². The zero-order chi connectivity index (χ0) is 12.2. The van der Waals surface area contributed by atoms with E-state index in [1.54, 1.807) is 6.08 Å². The zero-order valence-electron chi connectivity index (χ0n) is 10.3. The van der Waals surface area contributed by atoms with Gasteiger partial charge in [-0.25, -0.2) is 0 Å². The quantitative estimate of drug-likeness (QED) is 0.615. The Kier molecular flexibility index (Phi) is 2.32. The molecule has 0 unspecified atom stereocenters. The highest BCUT2D eigenvalue weighted by Crippen LogP contribution is 2.51. The van der Waals surface area contributed by atoms with Gasteiger partial charge in [-0.05, 0) is 18.4 Å². The zero-order valence-corrected chi connectivity index (χ0v) is 10.3. The molecule has 0 aromatic heterocycles. The molecule has 4 heteroatoms. The third-order valence-corrected chi connectivity index (χ3v) is 4.68. The lowest BCUT2D eigenvalue weighted by atomic mass is 9.90. The smallest absolute Gasteiger partial charge is 0.169 e. The van der Waals surface area contributed by atoms with Gasteiger partial charge in [0.2, 0.25) is 0 Å². The minimum Gasteiger partial charge on any atom is -0.365 e. The SMILES string of the molecule is N#C/C=C1/C[C@H]2O[C@@H]1[C@@H]1OC3(CCCCC3)O[C@@H]12. The molecule has 0 N–H and O–H groups in total. The van der Waals surface area contributed by atoms with E-state index >= 15 is 0 Å². The molecule has 0 radical (unpaired) electrons. The topological polar surface area (TPSA) is 51.5 Å². The maximum atomic E-state index is 8.78. The summed E-state index contributed by atoms with van der Waals surface area (Å²) in [7, 11) is 0. The van der Waals surface area contributed by atoms with Gasteiger partial charge >= 0.3 is 0 Å². The largest absolute Gasteiger partial charge is 0.365 e. The number of nitriles is 1. The molecule has 4 atom stereocenters. The van der Waals surface area contributed by atoms with E-state index in [1.165, 1.54) is 19.3 Å². The molecule has 3 saturated heterocycles. The van der Waals surface area contributed by atoms with Crippen molar-refractivity contribution in [2.24, 2.45) is 0 Å². The Morgan fingerprint density at radius 1 is 1.17 bits per heavy atom. The van der Waals surface area contributed by atoms with Crippen LogP contribution in [0.3, 0.4) is 0 Å². The molecule has 3 aliphatic heterocycles. The van der Waals surface area contributed by atoms with E-state index in [0.29, 0.717) is 0 Å². The molecule has 0 aromatic rings. The van der Waals surface area contributed by atoms with Crippen LogP contribution in [0.4, 0.5) is 0 Å². The summed E-state index contributed by atoms with van der Waals surface area (Å²) in [6, 6.07) is 2.11. The van der Waals surface area contributed by atoms with E-state index in [-0.39, 0.29) is 30.2 Å². The summed E-state index contributed by atoms with van der Waals surface area (Å²) in [5, 5.41) is 8.78. The fraction of sp³-hybridized carbons (Fsp3) is 0.786. The predicted octanol–water partition coefficient (Wildman–Crippen LogP) is 2.05. The van der Waals surface area contributed by atoms with E-state index in [1.807, 2.05) is 0 Å². The third-order valence-electron chi connectivity index (χ3n) is 4.68. The highest BCUT2D eigenvalue weighted by atomic mass is 16.8. The molecule has 18 heavy (non-hydrogen) atoms. The Balaban J connectivity index is 1.58. The summed E-state index contributed by atoms with van der Waals surface area (Å²) in [6.45, 7) is 0. The van der Waals surface area contributed by atoms with Gasteiger partial charge in [-0.2, -0.15) is 5.26 Å². The van der Waals surface area contributed by atoms with Crippen molar-refractivity contribution in [2.75, 3.05) is 0 Å². The Labute approximate surface area is 107 Å². The van der Waals surface area contributed by atoms with Crippen LogP contribution >= 0.6 is 0 Å². The molecule has 2 bridgehead atoms. The highest BCUT2D eigenvalue weighted by Gasteiger charge is 2.62. The van der Waals surface area contributed by atoms with E-state index in [2.05, 4.69) is 6.07 Å². The van der Waals surface area contributed by atoms with Gasteiger partial charge in [-0.1, -0.05) is 6.42 Å². The second kappa shape index (κ2) is 3.80. The Morgan fingerprint density at radius 3 is 2.72 bits per heavy atom. The van der Waals surface area contributed by atoms with Crippen LogP contribution in [0.15, 0.2) is 11.6 Å². The van der Waals surface area contributed by atoms with Crippen LogP contribution in [0, 0.1) is 11.3 Å². The monoisotopic (exact) mass is 247 g/mol. The second-order valence-electron chi connectivity index (χ2n) is 5.78. The number of allylic oxidation sites excluding steroid dienone is 1. The minimum absolute atomic E-state index is 0.0152. The van der Waals surface area contributed by atoms with Crippen LogP contribution in [0.2, 0.25) is 0 Å². The average molecular weight is 247 g/mol. The van der Waals surface area contributed by atoms with Crippen molar-refractivity contribution >= 4 is 0 Å². The van der Waals surface area contributed by atoms with E-state index in [0.717, 1.165) is 24.8 Å². The highest BCUT2D eigenvalue weighted by molar-refractivity contribution is 5.29. The fourth-order valence-corrected chi connectivity index (χ4v) is 3.88. The van der Waals surface area contributed by atoms with Gasteiger partial charge in [0, 0.05) is 25.3 Å². The maximum Gasteiger partial charge on any atom is 0.169 e. The number of nitrogens with zero attached hydrogens (tertiary/aromatic N) is 1. The van der Waals surface area contributed by atoms with Crippen molar-refractivity contribution in [1.29, 1.82) is 5.26 Å². The molecule has 96 valence electrons. The molecule has 0 aromatic carbocycles. The number of rotatable bonds is 0. The summed E-state index contributed by atoms with van der Waals surface area (Å²) in [6.07, 6.45) is 8.30. The molecule has 3 heterocycles. The van der Waals surface area contributed by atoms with Crippen LogP contribution < -0.4 is 0 Å². The molecule has 4 aliphatic rings. The molecule has 4 nitrogen and oxygen atoms in total. The first-order chi connectivity index (χ1) is 8.81. The summed E-state index contributed by atoms with van der Waals surface area (Å²) in [5.74, 6) is -0.337. The average Bonchev–Trinajstić information content (AvgIpc) is 3.00. The molecule has 1 saturated carbocycles. The minimum atomic E-state index is -0.337. The number of ether oxygens (including phenoxy) is 3. The van der Waals surface area contributed by atoms with Crippen LogP contribution in [-0.2, 0) is 14.2 Å². The van der Waals surface area contributed by atoms with Crippen molar-refractivity contribution in [3.8, 4) is 6.07 Å².